The van der Waals surface area contributed by atoms with E-state index in [1.165, 1.54) is 25.3 Å². The average Bonchev–Trinajstić information content (AvgIpc) is 3.00. The fraction of sp³-hybridized carbons (Fsp3) is 0.357. The predicted octanol–water partition coefficient (Wildman–Crippen LogP) is 3.74. The zero-order valence-corrected chi connectivity index (χ0v) is 9.74. The summed E-state index contributed by atoms with van der Waals surface area (Å²) in [5.41, 5.74) is 2.38. The Morgan fingerprint density at radius 1 is 1.41 bits per heavy atom. The smallest absolute Gasteiger partial charge is 0.181 e. The summed E-state index contributed by atoms with van der Waals surface area (Å²) in [5, 5.41) is 0. The van der Waals surface area contributed by atoms with Crippen LogP contribution >= 0.6 is 0 Å². The topological polar surface area (TPSA) is 26.0 Å². The van der Waals surface area contributed by atoms with Crippen LogP contribution in [0, 0.1) is 18.7 Å². The second kappa shape index (κ2) is 3.99. The number of hydrogen-bond donors (Lipinski definition) is 0. The zero-order valence-electron chi connectivity index (χ0n) is 9.74. The van der Waals surface area contributed by atoms with Crippen LogP contribution in [0.15, 0.2) is 29.0 Å². The van der Waals surface area contributed by atoms with Gasteiger partial charge >= 0.3 is 0 Å². The molecule has 0 N–H and O–H groups in total. The molecule has 17 heavy (non-hydrogen) atoms. The SMILES string of the molecule is Cc1ccc(-c2ocnc2CC2CC2)cc1F. The molecule has 3 rings (SSSR count). The number of aryl methyl sites for hydroxylation is 1. The zero-order chi connectivity index (χ0) is 11.8. The van der Waals surface area contributed by atoms with Crippen molar-refractivity contribution in [1.29, 1.82) is 0 Å². The number of halogens is 1. The molecular weight excluding hydrogens is 217 g/mol. The quantitative estimate of drug-likeness (QED) is 0.804. The Balaban J connectivity index is 1.96. The van der Waals surface area contributed by atoms with E-state index in [4.69, 9.17) is 4.42 Å². The summed E-state index contributed by atoms with van der Waals surface area (Å²) < 4.78 is 18.9. The minimum Gasteiger partial charge on any atom is -0.443 e. The lowest BCUT2D eigenvalue weighted by atomic mass is 10.1. The van der Waals surface area contributed by atoms with Crippen molar-refractivity contribution in [2.45, 2.75) is 26.2 Å². The lowest BCUT2D eigenvalue weighted by molar-refractivity contribution is 0.568. The molecular formula is C14H14FNO. The van der Waals surface area contributed by atoms with Gasteiger partial charge in [-0.1, -0.05) is 12.1 Å². The Bertz CT molecular complexity index is 543. The summed E-state index contributed by atoms with van der Waals surface area (Å²) in [5.74, 6) is 1.27. The van der Waals surface area contributed by atoms with E-state index in [2.05, 4.69) is 4.98 Å². The van der Waals surface area contributed by atoms with Gasteiger partial charge in [0, 0.05) is 5.56 Å². The average molecular weight is 231 g/mol. The summed E-state index contributed by atoms with van der Waals surface area (Å²) in [6.07, 6.45) is 4.94. The van der Waals surface area contributed by atoms with Crippen molar-refractivity contribution < 1.29 is 8.81 Å². The van der Waals surface area contributed by atoms with E-state index in [1.807, 2.05) is 6.07 Å². The highest BCUT2D eigenvalue weighted by Gasteiger charge is 2.25. The van der Waals surface area contributed by atoms with E-state index in [-0.39, 0.29) is 5.82 Å². The van der Waals surface area contributed by atoms with Crippen molar-refractivity contribution in [3.05, 3.63) is 41.7 Å². The number of nitrogens with zero attached hydrogens (tertiary/aromatic N) is 1. The van der Waals surface area contributed by atoms with Crippen LogP contribution < -0.4 is 0 Å². The van der Waals surface area contributed by atoms with E-state index in [0.29, 0.717) is 5.56 Å². The summed E-state index contributed by atoms with van der Waals surface area (Å²) >= 11 is 0. The highest BCUT2D eigenvalue weighted by Crippen LogP contribution is 2.35. The van der Waals surface area contributed by atoms with Gasteiger partial charge in [-0.25, -0.2) is 9.37 Å². The van der Waals surface area contributed by atoms with E-state index >= 15 is 0 Å². The van der Waals surface area contributed by atoms with Gasteiger partial charge in [0.1, 0.15) is 5.82 Å². The summed E-state index contributed by atoms with van der Waals surface area (Å²) in [6.45, 7) is 1.75. The van der Waals surface area contributed by atoms with Crippen molar-refractivity contribution in [3.8, 4) is 11.3 Å². The lowest BCUT2D eigenvalue weighted by Gasteiger charge is -2.02. The fourth-order valence-electron chi connectivity index (χ4n) is 1.98. The molecule has 0 spiro atoms. The second-order valence-electron chi connectivity index (χ2n) is 4.74. The molecule has 0 amide bonds. The molecule has 0 bridgehead atoms. The highest BCUT2D eigenvalue weighted by molar-refractivity contribution is 5.60. The van der Waals surface area contributed by atoms with Gasteiger partial charge in [0.25, 0.3) is 0 Å². The molecule has 1 aliphatic carbocycles. The molecule has 3 heteroatoms. The van der Waals surface area contributed by atoms with Gasteiger partial charge in [0.2, 0.25) is 0 Å². The summed E-state index contributed by atoms with van der Waals surface area (Å²) in [6, 6.07) is 5.18. The van der Waals surface area contributed by atoms with Gasteiger partial charge in [-0.15, -0.1) is 0 Å². The van der Waals surface area contributed by atoms with Gasteiger partial charge in [0.15, 0.2) is 12.2 Å². The standard InChI is InChI=1S/C14H14FNO/c1-9-2-5-11(7-12(9)15)14-13(16-8-17-14)6-10-3-4-10/h2,5,7-8,10H,3-4,6H2,1H3. The molecule has 0 radical (unpaired) electrons. The molecule has 0 aliphatic heterocycles. The number of oxazole rings is 1. The van der Waals surface area contributed by atoms with Gasteiger partial charge in [0.05, 0.1) is 5.69 Å². The maximum absolute atomic E-state index is 13.5. The van der Waals surface area contributed by atoms with Crippen LogP contribution in [0.4, 0.5) is 4.39 Å². The first kappa shape index (κ1) is 10.5. The van der Waals surface area contributed by atoms with Crippen LogP contribution in [0.5, 0.6) is 0 Å². The maximum Gasteiger partial charge on any atom is 0.181 e. The lowest BCUT2D eigenvalue weighted by Crippen LogP contribution is -1.91. The normalized spacial score (nSPS) is 15.2. The first-order valence-corrected chi connectivity index (χ1v) is 5.93. The van der Waals surface area contributed by atoms with Gasteiger partial charge in [-0.3, -0.25) is 0 Å². The van der Waals surface area contributed by atoms with Crippen molar-refractivity contribution in [2.24, 2.45) is 5.92 Å². The monoisotopic (exact) mass is 231 g/mol. The molecule has 88 valence electrons. The van der Waals surface area contributed by atoms with Crippen LogP contribution in [0.1, 0.15) is 24.1 Å². The molecule has 1 aromatic carbocycles. The summed E-state index contributed by atoms with van der Waals surface area (Å²) in [7, 11) is 0. The number of benzene rings is 1. The van der Waals surface area contributed by atoms with Gasteiger partial charge in [-0.2, -0.15) is 0 Å². The van der Waals surface area contributed by atoms with Crippen LogP contribution in [0.2, 0.25) is 0 Å². The van der Waals surface area contributed by atoms with Crippen molar-refractivity contribution in [1.82, 2.24) is 4.98 Å². The molecule has 0 atom stereocenters. The molecule has 1 fully saturated rings. The first-order valence-electron chi connectivity index (χ1n) is 5.93. The Labute approximate surface area is 99.5 Å². The third kappa shape index (κ3) is 2.09. The number of aromatic nitrogens is 1. The Morgan fingerprint density at radius 2 is 2.24 bits per heavy atom. The molecule has 2 aromatic rings. The molecule has 2 nitrogen and oxygen atoms in total. The van der Waals surface area contributed by atoms with Gasteiger partial charge < -0.3 is 4.42 Å². The summed E-state index contributed by atoms with van der Waals surface area (Å²) in [4.78, 5) is 4.24. The molecule has 0 unspecified atom stereocenters. The Morgan fingerprint density at radius 3 is 2.94 bits per heavy atom. The van der Waals surface area contributed by atoms with Crippen LogP contribution in [0.25, 0.3) is 11.3 Å². The van der Waals surface area contributed by atoms with Crippen LogP contribution in [-0.4, -0.2) is 4.98 Å². The third-order valence-electron chi connectivity index (χ3n) is 3.25. The molecule has 1 aromatic heterocycles. The van der Waals surface area contributed by atoms with E-state index < -0.39 is 0 Å². The van der Waals surface area contributed by atoms with Gasteiger partial charge in [-0.05, 0) is 43.7 Å². The molecule has 1 saturated carbocycles. The first-order chi connectivity index (χ1) is 8.24. The molecule has 1 heterocycles. The Kier molecular flexibility index (Phi) is 2.46. The third-order valence-corrected chi connectivity index (χ3v) is 3.25. The van der Waals surface area contributed by atoms with E-state index in [0.717, 1.165) is 29.4 Å². The van der Waals surface area contributed by atoms with Crippen LogP contribution in [0.3, 0.4) is 0 Å². The van der Waals surface area contributed by atoms with E-state index in [1.54, 1.807) is 13.0 Å². The van der Waals surface area contributed by atoms with E-state index in [9.17, 15) is 4.39 Å². The van der Waals surface area contributed by atoms with Crippen molar-refractivity contribution in [2.75, 3.05) is 0 Å². The molecule has 1 aliphatic rings. The molecule has 0 saturated heterocycles. The van der Waals surface area contributed by atoms with Crippen LogP contribution in [-0.2, 0) is 6.42 Å². The van der Waals surface area contributed by atoms with Crippen molar-refractivity contribution >= 4 is 0 Å². The highest BCUT2D eigenvalue weighted by atomic mass is 19.1. The fourth-order valence-corrected chi connectivity index (χ4v) is 1.98. The number of hydrogen-bond acceptors (Lipinski definition) is 2. The minimum absolute atomic E-state index is 0.198. The predicted molar refractivity (Wildman–Crippen MR) is 63.1 cm³/mol. The largest absolute Gasteiger partial charge is 0.443 e. The minimum atomic E-state index is -0.198. The Hall–Kier alpha value is -1.64. The van der Waals surface area contributed by atoms with Crippen molar-refractivity contribution in [3.63, 3.8) is 0 Å². The maximum atomic E-state index is 13.5. The second-order valence-corrected chi connectivity index (χ2v) is 4.74. The number of rotatable bonds is 3.